The molecule has 0 aliphatic carbocycles. The third-order valence-corrected chi connectivity index (χ3v) is 2.75. The van der Waals surface area contributed by atoms with E-state index in [1.54, 1.807) is 6.26 Å². The van der Waals surface area contributed by atoms with Gasteiger partial charge >= 0.3 is 0 Å². The van der Waals surface area contributed by atoms with Crippen LogP contribution < -0.4 is 5.73 Å². The van der Waals surface area contributed by atoms with Gasteiger partial charge in [-0.15, -0.1) is 0 Å². The molecule has 0 fully saturated rings. The third kappa shape index (κ3) is 2.85. The Labute approximate surface area is 100.0 Å². The first-order valence-electron chi connectivity index (χ1n) is 5.59. The Morgan fingerprint density at radius 1 is 1.41 bits per heavy atom. The Bertz CT molecular complexity index is 519. The topological polar surface area (TPSA) is 59.5 Å². The zero-order valence-electron chi connectivity index (χ0n) is 9.85. The molecule has 1 aromatic carbocycles. The number of carbonyl (C=O) groups is 1. The average molecular weight is 232 g/mol. The molecule has 2 aromatic rings. The highest BCUT2D eigenvalue weighted by Crippen LogP contribution is 2.20. The molecule has 0 saturated carbocycles. The van der Waals surface area contributed by atoms with Gasteiger partial charge in [0.25, 0.3) is 0 Å². The number of rotatable bonds is 5. The summed E-state index contributed by atoms with van der Waals surface area (Å²) in [7, 11) is 1.88. The van der Waals surface area contributed by atoms with Crippen LogP contribution >= 0.6 is 0 Å². The fourth-order valence-corrected chi connectivity index (χ4v) is 1.88. The summed E-state index contributed by atoms with van der Waals surface area (Å²) in [6.07, 6.45) is 2.63. The van der Waals surface area contributed by atoms with E-state index in [0.717, 1.165) is 29.5 Å². The van der Waals surface area contributed by atoms with E-state index in [2.05, 4.69) is 0 Å². The molecular formula is C13H16N2O2. The summed E-state index contributed by atoms with van der Waals surface area (Å²) in [5, 5.41) is 1.14. The number of primary amides is 1. The molecule has 2 N–H and O–H groups in total. The molecule has 1 heterocycles. The minimum Gasteiger partial charge on any atom is -0.464 e. The fraction of sp³-hybridized carbons (Fsp3) is 0.308. The molecule has 1 amide bonds. The lowest BCUT2D eigenvalue weighted by Crippen LogP contribution is -2.32. The van der Waals surface area contributed by atoms with E-state index in [4.69, 9.17) is 10.2 Å². The Kier molecular flexibility index (Phi) is 3.44. The van der Waals surface area contributed by atoms with Crippen molar-refractivity contribution in [2.75, 3.05) is 20.1 Å². The Morgan fingerprint density at radius 2 is 2.18 bits per heavy atom. The second kappa shape index (κ2) is 5.01. The van der Waals surface area contributed by atoms with Crippen LogP contribution in [0.15, 0.2) is 34.9 Å². The van der Waals surface area contributed by atoms with Crippen LogP contribution in [0.25, 0.3) is 11.0 Å². The maximum atomic E-state index is 10.7. The lowest BCUT2D eigenvalue weighted by molar-refractivity contribution is -0.118. The molecule has 2 rings (SSSR count). The van der Waals surface area contributed by atoms with Crippen LogP contribution in [0.4, 0.5) is 0 Å². The van der Waals surface area contributed by atoms with Crippen LogP contribution in [0.1, 0.15) is 5.56 Å². The fourth-order valence-electron chi connectivity index (χ4n) is 1.88. The molecule has 0 unspecified atom stereocenters. The predicted molar refractivity (Wildman–Crippen MR) is 66.6 cm³/mol. The number of nitrogens with zero attached hydrogens (tertiary/aromatic N) is 1. The van der Waals surface area contributed by atoms with Gasteiger partial charge in [0.1, 0.15) is 5.58 Å². The lowest BCUT2D eigenvalue weighted by atomic mass is 10.1. The normalized spacial score (nSPS) is 11.2. The maximum Gasteiger partial charge on any atom is 0.231 e. The van der Waals surface area contributed by atoms with Gasteiger partial charge in [-0.25, -0.2) is 0 Å². The lowest BCUT2D eigenvalue weighted by Gasteiger charge is -2.13. The molecule has 1 aromatic heterocycles. The summed E-state index contributed by atoms with van der Waals surface area (Å²) in [4.78, 5) is 12.7. The number of amides is 1. The Balaban J connectivity index is 2.02. The van der Waals surface area contributed by atoms with E-state index in [1.807, 2.05) is 36.2 Å². The SMILES string of the molecule is CN(CCc1coc2ccccc12)CC(N)=O. The highest BCUT2D eigenvalue weighted by atomic mass is 16.3. The first kappa shape index (κ1) is 11.7. The van der Waals surface area contributed by atoms with E-state index in [-0.39, 0.29) is 12.5 Å². The van der Waals surface area contributed by atoms with Crippen LogP contribution in [-0.4, -0.2) is 30.9 Å². The van der Waals surface area contributed by atoms with Crippen molar-refractivity contribution in [2.24, 2.45) is 5.73 Å². The molecular weight excluding hydrogens is 216 g/mol. The highest BCUT2D eigenvalue weighted by molar-refractivity contribution is 5.80. The summed E-state index contributed by atoms with van der Waals surface area (Å²) in [5.41, 5.74) is 7.20. The van der Waals surface area contributed by atoms with Crippen molar-refractivity contribution in [3.8, 4) is 0 Å². The van der Waals surface area contributed by atoms with Gasteiger partial charge in [-0.05, 0) is 25.1 Å². The van der Waals surface area contributed by atoms with Gasteiger partial charge in [0, 0.05) is 11.9 Å². The number of para-hydroxylation sites is 1. The van der Waals surface area contributed by atoms with Crippen molar-refractivity contribution < 1.29 is 9.21 Å². The molecule has 0 atom stereocenters. The predicted octanol–water partition coefficient (Wildman–Crippen LogP) is 1.39. The average Bonchev–Trinajstić information content (AvgIpc) is 2.69. The Morgan fingerprint density at radius 3 is 2.94 bits per heavy atom. The molecule has 0 aliphatic rings. The van der Waals surface area contributed by atoms with Crippen molar-refractivity contribution in [2.45, 2.75) is 6.42 Å². The molecule has 4 heteroatoms. The van der Waals surface area contributed by atoms with Crippen LogP contribution in [-0.2, 0) is 11.2 Å². The van der Waals surface area contributed by atoms with Gasteiger partial charge in [0.15, 0.2) is 0 Å². The number of carbonyl (C=O) groups excluding carboxylic acids is 1. The van der Waals surface area contributed by atoms with Crippen molar-refractivity contribution in [1.29, 1.82) is 0 Å². The summed E-state index contributed by atoms with van der Waals surface area (Å²) in [5.74, 6) is -0.301. The molecule has 90 valence electrons. The number of likely N-dealkylation sites (N-methyl/N-ethyl adjacent to an activating group) is 1. The molecule has 0 aliphatic heterocycles. The molecule has 0 bridgehead atoms. The second-order valence-corrected chi connectivity index (χ2v) is 4.21. The zero-order chi connectivity index (χ0) is 12.3. The van der Waals surface area contributed by atoms with Gasteiger partial charge in [-0.2, -0.15) is 0 Å². The maximum absolute atomic E-state index is 10.7. The van der Waals surface area contributed by atoms with Crippen LogP contribution in [0.2, 0.25) is 0 Å². The van der Waals surface area contributed by atoms with E-state index in [1.165, 1.54) is 0 Å². The first-order valence-corrected chi connectivity index (χ1v) is 5.59. The monoisotopic (exact) mass is 232 g/mol. The van der Waals surface area contributed by atoms with Crippen molar-refractivity contribution in [3.63, 3.8) is 0 Å². The summed E-state index contributed by atoms with van der Waals surface area (Å²) < 4.78 is 5.45. The summed E-state index contributed by atoms with van der Waals surface area (Å²) >= 11 is 0. The van der Waals surface area contributed by atoms with Crippen LogP contribution in [0, 0.1) is 0 Å². The largest absolute Gasteiger partial charge is 0.464 e. The molecule has 0 spiro atoms. The van der Waals surface area contributed by atoms with E-state index >= 15 is 0 Å². The molecule has 0 radical (unpaired) electrons. The van der Waals surface area contributed by atoms with Gasteiger partial charge in [0.2, 0.25) is 5.91 Å². The smallest absolute Gasteiger partial charge is 0.231 e. The number of nitrogens with two attached hydrogens (primary N) is 1. The molecule has 17 heavy (non-hydrogen) atoms. The number of furan rings is 1. The summed E-state index contributed by atoms with van der Waals surface area (Å²) in [6.45, 7) is 1.07. The number of hydrogen-bond acceptors (Lipinski definition) is 3. The summed E-state index contributed by atoms with van der Waals surface area (Å²) in [6, 6.07) is 7.94. The zero-order valence-corrected chi connectivity index (χ0v) is 9.85. The molecule has 0 saturated heterocycles. The quantitative estimate of drug-likeness (QED) is 0.847. The van der Waals surface area contributed by atoms with Crippen LogP contribution in [0.3, 0.4) is 0 Å². The number of fused-ring (bicyclic) bond motifs is 1. The number of benzene rings is 1. The van der Waals surface area contributed by atoms with Crippen molar-refractivity contribution in [1.82, 2.24) is 4.90 Å². The van der Waals surface area contributed by atoms with Crippen molar-refractivity contribution >= 4 is 16.9 Å². The molecule has 4 nitrogen and oxygen atoms in total. The van der Waals surface area contributed by atoms with Gasteiger partial charge < -0.3 is 10.2 Å². The van der Waals surface area contributed by atoms with Gasteiger partial charge in [-0.3, -0.25) is 9.69 Å². The minimum absolute atomic E-state index is 0.287. The van der Waals surface area contributed by atoms with Crippen LogP contribution in [0.5, 0.6) is 0 Å². The van der Waals surface area contributed by atoms with E-state index in [9.17, 15) is 4.79 Å². The highest BCUT2D eigenvalue weighted by Gasteiger charge is 2.07. The van der Waals surface area contributed by atoms with E-state index < -0.39 is 0 Å². The van der Waals surface area contributed by atoms with Crippen molar-refractivity contribution in [3.05, 3.63) is 36.1 Å². The van der Waals surface area contributed by atoms with Gasteiger partial charge in [-0.1, -0.05) is 18.2 Å². The number of hydrogen-bond donors (Lipinski definition) is 1. The van der Waals surface area contributed by atoms with Gasteiger partial charge in [0.05, 0.1) is 12.8 Å². The van der Waals surface area contributed by atoms with E-state index in [0.29, 0.717) is 0 Å². The first-order chi connectivity index (χ1) is 8.16. The third-order valence-electron chi connectivity index (χ3n) is 2.75. The second-order valence-electron chi connectivity index (χ2n) is 4.21. The standard InChI is InChI=1S/C13H16N2O2/c1-15(8-13(14)16)7-6-10-9-17-12-5-3-2-4-11(10)12/h2-5,9H,6-8H2,1H3,(H2,14,16). The Hall–Kier alpha value is -1.81. The minimum atomic E-state index is -0.301.